The molecule has 0 radical (unpaired) electrons. The van der Waals surface area contributed by atoms with Gasteiger partial charge in [-0.2, -0.15) is 5.10 Å². The molecule has 0 spiro atoms. The maximum atomic E-state index is 14.3. The minimum absolute atomic E-state index is 0.0120. The third-order valence-corrected chi connectivity index (χ3v) is 10.4. The third-order valence-electron chi connectivity index (χ3n) is 10.4. The van der Waals surface area contributed by atoms with Crippen molar-refractivity contribution in [1.82, 2.24) is 24.6 Å². The van der Waals surface area contributed by atoms with Gasteiger partial charge in [-0.15, -0.1) is 0 Å². The van der Waals surface area contributed by atoms with E-state index >= 15 is 0 Å². The highest BCUT2D eigenvalue weighted by Crippen LogP contribution is 2.62. The van der Waals surface area contributed by atoms with Gasteiger partial charge in [0.2, 0.25) is 5.91 Å². The molecule has 2 bridgehead atoms. The summed E-state index contributed by atoms with van der Waals surface area (Å²) >= 11 is 0. The van der Waals surface area contributed by atoms with E-state index < -0.39 is 6.04 Å². The van der Waals surface area contributed by atoms with E-state index in [1.165, 1.54) is 6.92 Å². The van der Waals surface area contributed by atoms with E-state index in [9.17, 15) is 19.2 Å². The molecule has 2 fully saturated rings. The Labute approximate surface area is 271 Å². The number of hydrogen-bond donors (Lipinski definition) is 0. The van der Waals surface area contributed by atoms with E-state index in [-0.39, 0.29) is 46.7 Å². The number of hydrogen-bond acceptors (Lipinski definition) is 7. The van der Waals surface area contributed by atoms with E-state index in [1.807, 2.05) is 17.9 Å². The van der Waals surface area contributed by atoms with Crippen LogP contribution in [0.1, 0.15) is 120 Å². The SMILES string of the molecule is CC(=O)c1nn2c3c(cc(-c4cnc(C)nc4)cc13)CCCCCCC(=O)CC[C@@]13C[C@@H](C(=O)CCC(C)(C)C)N(C(=O)C2)[C@@H]1C3. The number of Topliss-reactive ketones (excluding diaryl/α,β-unsaturated/α-hetero) is 3. The molecule has 3 aliphatic rings. The summed E-state index contributed by atoms with van der Waals surface area (Å²) in [6.45, 7) is 9.69. The number of nitrogens with zero attached hydrogens (tertiary/aromatic N) is 5. The lowest BCUT2D eigenvalue weighted by atomic mass is 9.86. The molecule has 9 heteroatoms. The number of benzene rings is 1. The van der Waals surface area contributed by atoms with Gasteiger partial charge in [0.25, 0.3) is 0 Å². The summed E-state index contributed by atoms with van der Waals surface area (Å²) in [6.07, 6.45) is 12.5. The highest BCUT2D eigenvalue weighted by Gasteiger charge is 2.66. The van der Waals surface area contributed by atoms with Gasteiger partial charge < -0.3 is 4.90 Å². The van der Waals surface area contributed by atoms with Crippen molar-refractivity contribution in [3.8, 4) is 11.1 Å². The molecule has 2 aromatic heterocycles. The standard InChI is InChI=1S/C37H47N5O4/c1-23(43)34-29-17-26(27-20-38-24(2)39-21-27)16-25-10-8-6-7-9-11-28(44)12-15-37-18-30(31(45)13-14-36(3,4)5)42(32(37)19-37)33(46)22-41(40-34)35(25)29/h16-17,20-21,30,32H,6-15,18-19,22H2,1-5H3/t30-,32+,37-/m0/s1. The van der Waals surface area contributed by atoms with Crippen LogP contribution in [0, 0.1) is 17.8 Å². The van der Waals surface area contributed by atoms with Crippen LogP contribution in [-0.2, 0) is 27.3 Å². The maximum Gasteiger partial charge on any atom is 0.245 e. The molecule has 1 saturated carbocycles. The van der Waals surface area contributed by atoms with Crippen molar-refractivity contribution in [2.24, 2.45) is 10.8 Å². The molecule has 1 aromatic carbocycles. The number of piperidine rings is 1. The third kappa shape index (κ3) is 6.56. The lowest BCUT2D eigenvalue weighted by molar-refractivity contribution is -0.139. The number of aromatic nitrogens is 4. The minimum atomic E-state index is -0.482. The Morgan fingerprint density at radius 3 is 2.37 bits per heavy atom. The molecular weight excluding hydrogens is 578 g/mol. The van der Waals surface area contributed by atoms with Crippen LogP contribution >= 0.6 is 0 Å². The fraction of sp³-hybridized carbons (Fsp3) is 0.595. The summed E-state index contributed by atoms with van der Waals surface area (Å²) in [5.41, 5.74) is 3.76. The quantitative estimate of drug-likeness (QED) is 0.293. The maximum absolute atomic E-state index is 14.3. The first-order valence-corrected chi connectivity index (χ1v) is 17.0. The second-order valence-corrected chi connectivity index (χ2v) is 15.2. The first kappa shape index (κ1) is 32.2. The Bertz CT molecular complexity index is 1680. The summed E-state index contributed by atoms with van der Waals surface area (Å²) in [7, 11) is 0. The number of aryl methyl sites for hydroxylation is 2. The summed E-state index contributed by atoms with van der Waals surface area (Å²) in [5, 5.41) is 5.48. The Morgan fingerprint density at radius 2 is 1.67 bits per heavy atom. The van der Waals surface area contributed by atoms with E-state index in [0.717, 1.165) is 79.0 Å². The molecule has 1 aliphatic carbocycles. The van der Waals surface area contributed by atoms with Gasteiger partial charge in [0.05, 0.1) is 11.6 Å². The Morgan fingerprint density at radius 1 is 0.957 bits per heavy atom. The van der Waals surface area contributed by atoms with E-state index in [2.05, 4.69) is 36.8 Å². The van der Waals surface area contributed by atoms with E-state index in [1.54, 1.807) is 17.1 Å². The summed E-state index contributed by atoms with van der Waals surface area (Å²) in [6, 6.07) is 3.56. The Balaban J connectivity index is 1.41. The average Bonchev–Trinajstić information content (AvgIpc) is 3.41. The second-order valence-electron chi connectivity index (χ2n) is 15.2. The van der Waals surface area contributed by atoms with Crippen LogP contribution in [0.3, 0.4) is 0 Å². The predicted octanol–water partition coefficient (Wildman–Crippen LogP) is 6.62. The van der Waals surface area contributed by atoms with Gasteiger partial charge in [0.1, 0.15) is 23.8 Å². The Hall–Kier alpha value is -3.75. The van der Waals surface area contributed by atoms with Gasteiger partial charge in [-0.05, 0) is 86.0 Å². The van der Waals surface area contributed by atoms with Crippen LogP contribution in [0.15, 0.2) is 24.5 Å². The topological polar surface area (TPSA) is 115 Å². The molecule has 3 aromatic rings. The zero-order valence-electron chi connectivity index (χ0n) is 28.0. The normalized spacial score (nSPS) is 24.2. The van der Waals surface area contributed by atoms with Crippen LogP contribution in [0.4, 0.5) is 0 Å². The number of carbonyl (C=O) groups excluding carboxylic acids is 4. The van der Waals surface area contributed by atoms with Crippen LogP contribution in [-0.4, -0.2) is 60.0 Å². The Kier molecular flexibility index (Phi) is 8.72. The zero-order chi connectivity index (χ0) is 32.8. The largest absolute Gasteiger partial charge is 0.327 e. The molecule has 3 atom stereocenters. The van der Waals surface area contributed by atoms with Crippen molar-refractivity contribution >= 4 is 34.2 Å². The smallest absolute Gasteiger partial charge is 0.245 e. The van der Waals surface area contributed by atoms with Crippen molar-refractivity contribution in [3.05, 3.63) is 41.6 Å². The zero-order valence-corrected chi connectivity index (χ0v) is 28.0. The van der Waals surface area contributed by atoms with Gasteiger partial charge >= 0.3 is 0 Å². The van der Waals surface area contributed by atoms with Crippen LogP contribution < -0.4 is 0 Å². The number of ketones is 3. The van der Waals surface area contributed by atoms with E-state index in [4.69, 9.17) is 5.10 Å². The van der Waals surface area contributed by atoms with Crippen LogP contribution in [0.2, 0.25) is 0 Å². The molecule has 244 valence electrons. The molecule has 2 aliphatic heterocycles. The average molecular weight is 626 g/mol. The highest BCUT2D eigenvalue weighted by atomic mass is 16.2. The van der Waals surface area contributed by atoms with Crippen molar-refractivity contribution < 1.29 is 19.2 Å². The lowest BCUT2D eigenvalue weighted by Gasteiger charge is -2.28. The molecule has 6 rings (SSSR count). The van der Waals surface area contributed by atoms with Gasteiger partial charge in [-0.25, -0.2) is 9.97 Å². The highest BCUT2D eigenvalue weighted by molar-refractivity contribution is 6.07. The molecule has 4 heterocycles. The molecule has 1 amide bonds. The summed E-state index contributed by atoms with van der Waals surface area (Å²) in [5.74, 6) is 0.770. The number of carbonyl (C=O) groups is 4. The van der Waals surface area contributed by atoms with Gasteiger partial charge in [0, 0.05) is 55.6 Å². The van der Waals surface area contributed by atoms with Crippen molar-refractivity contribution in [1.29, 1.82) is 0 Å². The predicted molar refractivity (Wildman–Crippen MR) is 176 cm³/mol. The molecule has 1 saturated heterocycles. The minimum Gasteiger partial charge on any atom is -0.327 e. The van der Waals surface area contributed by atoms with Crippen molar-refractivity contribution in [2.45, 2.75) is 130 Å². The van der Waals surface area contributed by atoms with Gasteiger partial charge in [-0.3, -0.25) is 23.9 Å². The van der Waals surface area contributed by atoms with E-state index in [0.29, 0.717) is 37.2 Å². The van der Waals surface area contributed by atoms with Crippen molar-refractivity contribution in [3.63, 3.8) is 0 Å². The second kappa shape index (κ2) is 12.5. The summed E-state index contributed by atoms with van der Waals surface area (Å²) < 4.78 is 1.71. The summed E-state index contributed by atoms with van der Waals surface area (Å²) in [4.78, 5) is 64.5. The molecule has 0 N–H and O–H groups in total. The number of rotatable bonds is 5. The lowest BCUT2D eigenvalue weighted by Crippen LogP contribution is -2.44. The first-order valence-electron chi connectivity index (χ1n) is 17.0. The number of amides is 1. The monoisotopic (exact) mass is 625 g/mol. The molecule has 46 heavy (non-hydrogen) atoms. The fourth-order valence-corrected chi connectivity index (χ4v) is 7.68. The molecule has 9 nitrogen and oxygen atoms in total. The van der Waals surface area contributed by atoms with Gasteiger partial charge in [-0.1, -0.05) is 33.6 Å². The molecular formula is C37H47N5O4. The van der Waals surface area contributed by atoms with Crippen LogP contribution in [0.25, 0.3) is 22.0 Å². The fourth-order valence-electron chi connectivity index (χ4n) is 7.68. The molecule has 0 unspecified atom stereocenters. The first-order chi connectivity index (χ1) is 21.8. The van der Waals surface area contributed by atoms with Crippen LogP contribution in [0.5, 0.6) is 0 Å². The van der Waals surface area contributed by atoms with Gasteiger partial charge in [0.15, 0.2) is 11.6 Å². The van der Waals surface area contributed by atoms with Crippen molar-refractivity contribution in [2.75, 3.05) is 0 Å².